The number of carbonyl (C=O) groups excluding carboxylic acids is 1. The first kappa shape index (κ1) is 19.2. The van der Waals surface area contributed by atoms with Crippen LogP contribution in [0.2, 0.25) is 0 Å². The van der Waals surface area contributed by atoms with E-state index in [0.29, 0.717) is 6.61 Å². The molecule has 1 aliphatic rings. The fourth-order valence-electron chi connectivity index (χ4n) is 3.22. The molecule has 2 aromatic rings. The molecule has 1 aliphatic heterocycles. The van der Waals surface area contributed by atoms with Crippen molar-refractivity contribution in [2.45, 2.75) is 51.5 Å². The number of carbonyl (C=O) groups is 2. The van der Waals surface area contributed by atoms with E-state index >= 15 is 0 Å². The average molecular weight is 371 g/mol. The van der Waals surface area contributed by atoms with Crippen molar-refractivity contribution >= 4 is 22.8 Å². The smallest absolute Gasteiger partial charge is 0.411 e. The van der Waals surface area contributed by atoms with Gasteiger partial charge >= 0.3 is 12.1 Å². The second-order valence-corrected chi connectivity index (χ2v) is 7.84. The van der Waals surface area contributed by atoms with Crippen LogP contribution in [0.15, 0.2) is 42.5 Å². The maximum absolute atomic E-state index is 12.3. The van der Waals surface area contributed by atoms with Crippen molar-refractivity contribution in [2.24, 2.45) is 0 Å². The lowest BCUT2D eigenvalue weighted by atomic mass is 10.1. The third kappa shape index (κ3) is 4.77. The standard InChI is InChI=1S/C21H25NO5/c1-21(2,3)27-20(25)22-12-17(11-18(22)19(23)24)26-13-14-8-9-15-6-4-5-7-16(15)10-14/h4-10,17-18H,11-13H2,1-3H3,(H,23,24)/t17-,18?/m1/s1. The van der Waals surface area contributed by atoms with E-state index < -0.39 is 23.7 Å². The van der Waals surface area contributed by atoms with Gasteiger partial charge in [-0.2, -0.15) is 0 Å². The van der Waals surface area contributed by atoms with Crippen LogP contribution in [-0.2, 0) is 20.9 Å². The fourth-order valence-corrected chi connectivity index (χ4v) is 3.22. The minimum Gasteiger partial charge on any atom is -0.480 e. The van der Waals surface area contributed by atoms with E-state index in [9.17, 15) is 14.7 Å². The molecular formula is C21H25NO5. The number of aliphatic carboxylic acids is 1. The largest absolute Gasteiger partial charge is 0.480 e. The molecule has 1 saturated heterocycles. The van der Waals surface area contributed by atoms with E-state index in [-0.39, 0.29) is 19.1 Å². The summed E-state index contributed by atoms with van der Waals surface area (Å²) in [6.45, 7) is 5.84. The predicted molar refractivity (Wildman–Crippen MR) is 102 cm³/mol. The van der Waals surface area contributed by atoms with Crippen LogP contribution in [-0.4, -0.2) is 46.4 Å². The quantitative estimate of drug-likeness (QED) is 0.884. The molecule has 1 heterocycles. The topological polar surface area (TPSA) is 76.1 Å². The summed E-state index contributed by atoms with van der Waals surface area (Å²) in [5, 5.41) is 11.7. The number of benzene rings is 2. The molecule has 2 aromatic carbocycles. The van der Waals surface area contributed by atoms with Gasteiger partial charge < -0.3 is 14.6 Å². The second-order valence-electron chi connectivity index (χ2n) is 7.84. The van der Waals surface area contributed by atoms with E-state index in [2.05, 4.69) is 6.07 Å². The van der Waals surface area contributed by atoms with Crippen LogP contribution < -0.4 is 0 Å². The Hall–Kier alpha value is -2.60. The number of hydrogen-bond acceptors (Lipinski definition) is 4. The highest BCUT2D eigenvalue weighted by Gasteiger charge is 2.42. The highest BCUT2D eigenvalue weighted by molar-refractivity contribution is 5.83. The predicted octanol–water partition coefficient (Wildman–Crippen LogP) is 3.82. The summed E-state index contributed by atoms with van der Waals surface area (Å²) in [4.78, 5) is 25.1. The normalized spacial score (nSPS) is 20.0. The Bertz CT molecular complexity index is 842. The SMILES string of the molecule is CC(C)(C)OC(=O)N1C[C@H](OCc2ccc3ccccc3c2)CC1C(=O)O. The first-order chi connectivity index (χ1) is 12.7. The van der Waals surface area contributed by atoms with Crippen LogP contribution in [0, 0.1) is 0 Å². The number of amides is 1. The van der Waals surface area contributed by atoms with Crippen molar-refractivity contribution in [3.8, 4) is 0 Å². The molecule has 6 heteroatoms. The van der Waals surface area contributed by atoms with Crippen LogP contribution in [0.25, 0.3) is 10.8 Å². The van der Waals surface area contributed by atoms with E-state index in [1.165, 1.54) is 4.90 Å². The Morgan fingerprint density at radius 2 is 1.85 bits per heavy atom. The molecule has 0 aromatic heterocycles. The molecular weight excluding hydrogens is 346 g/mol. The van der Waals surface area contributed by atoms with Crippen molar-refractivity contribution in [1.82, 2.24) is 4.90 Å². The van der Waals surface area contributed by atoms with Gasteiger partial charge in [-0.25, -0.2) is 9.59 Å². The number of fused-ring (bicyclic) bond motifs is 1. The highest BCUT2D eigenvalue weighted by Crippen LogP contribution is 2.25. The van der Waals surface area contributed by atoms with Gasteiger partial charge in [-0.15, -0.1) is 0 Å². The van der Waals surface area contributed by atoms with Crippen LogP contribution in [0.4, 0.5) is 4.79 Å². The van der Waals surface area contributed by atoms with Gasteiger partial charge in [-0.3, -0.25) is 4.90 Å². The summed E-state index contributed by atoms with van der Waals surface area (Å²) >= 11 is 0. The van der Waals surface area contributed by atoms with Gasteiger partial charge in [0.05, 0.1) is 19.3 Å². The zero-order chi connectivity index (χ0) is 19.6. The molecule has 0 spiro atoms. The zero-order valence-corrected chi connectivity index (χ0v) is 15.8. The van der Waals surface area contributed by atoms with Crippen LogP contribution >= 0.6 is 0 Å². The number of hydrogen-bond donors (Lipinski definition) is 1. The van der Waals surface area contributed by atoms with Crippen LogP contribution in [0.5, 0.6) is 0 Å². The molecule has 1 unspecified atom stereocenters. The zero-order valence-electron chi connectivity index (χ0n) is 15.8. The molecule has 1 amide bonds. The summed E-state index contributed by atoms with van der Waals surface area (Å²) in [5.74, 6) is -1.04. The van der Waals surface area contributed by atoms with Gasteiger partial charge in [0, 0.05) is 6.42 Å². The van der Waals surface area contributed by atoms with Crippen molar-refractivity contribution in [2.75, 3.05) is 6.54 Å². The summed E-state index contributed by atoms with van der Waals surface area (Å²) in [5.41, 5.74) is 0.334. The van der Waals surface area contributed by atoms with Gasteiger partial charge in [-0.1, -0.05) is 36.4 Å². The maximum Gasteiger partial charge on any atom is 0.411 e. The Morgan fingerprint density at radius 3 is 2.52 bits per heavy atom. The molecule has 0 radical (unpaired) electrons. The Kier molecular flexibility index (Phi) is 5.37. The average Bonchev–Trinajstić information content (AvgIpc) is 3.03. The number of carboxylic acid groups (broad SMARTS) is 1. The van der Waals surface area contributed by atoms with Crippen LogP contribution in [0.1, 0.15) is 32.8 Å². The lowest BCUT2D eigenvalue weighted by Gasteiger charge is -2.26. The molecule has 1 N–H and O–H groups in total. The number of rotatable bonds is 4. The van der Waals surface area contributed by atoms with Gasteiger partial charge in [0.1, 0.15) is 11.6 Å². The highest BCUT2D eigenvalue weighted by atomic mass is 16.6. The minimum atomic E-state index is -1.04. The van der Waals surface area contributed by atoms with Gasteiger partial charge in [-0.05, 0) is 43.2 Å². The summed E-state index contributed by atoms with van der Waals surface area (Å²) < 4.78 is 11.2. The molecule has 2 atom stereocenters. The number of nitrogens with zero attached hydrogens (tertiary/aromatic N) is 1. The Morgan fingerprint density at radius 1 is 1.15 bits per heavy atom. The third-order valence-corrected chi connectivity index (χ3v) is 4.48. The van der Waals surface area contributed by atoms with E-state index in [1.54, 1.807) is 20.8 Å². The van der Waals surface area contributed by atoms with Gasteiger partial charge in [0.15, 0.2) is 0 Å². The van der Waals surface area contributed by atoms with Crippen molar-refractivity contribution < 1.29 is 24.2 Å². The summed E-state index contributed by atoms with van der Waals surface area (Å²) in [7, 11) is 0. The Balaban J connectivity index is 1.64. The molecule has 6 nitrogen and oxygen atoms in total. The van der Waals surface area contributed by atoms with E-state index in [1.807, 2.05) is 36.4 Å². The lowest BCUT2D eigenvalue weighted by molar-refractivity contribution is -0.142. The molecule has 27 heavy (non-hydrogen) atoms. The molecule has 1 fully saturated rings. The van der Waals surface area contributed by atoms with Crippen LogP contribution in [0.3, 0.4) is 0 Å². The molecule has 3 rings (SSSR count). The number of ether oxygens (including phenoxy) is 2. The van der Waals surface area contributed by atoms with Crippen molar-refractivity contribution in [3.63, 3.8) is 0 Å². The second kappa shape index (κ2) is 7.56. The fraction of sp³-hybridized carbons (Fsp3) is 0.429. The maximum atomic E-state index is 12.3. The third-order valence-electron chi connectivity index (χ3n) is 4.48. The van der Waals surface area contributed by atoms with E-state index in [4.69, 9.17) is 9.47 Å². The number of likely N-dealkylation sites (tertiary alicyclic amines) is 1. The Labute approximate surface area is 158 Å². The molecule has 0 bridgehead atoms. The van der Waals surface area contributed by atoms with E-state index in [0.717, 1.165) is 16.3 Å². The molecule has 144 valence electrons. The van der Waals surface area contributed by atoms with Crippen molar-refractivity contribution in [1.29, 1.82) is 0 Å². The first-order valence-corrected chi connectivity index (χ1v) is 9.04. The minimum absolute atomic E-state index is 0.208. The first-order valence-electron chi connectivity index (χ1n) is 9.04. The summed E-state index contributed by atoms with van der Waals surface area (Å²) in [6.07, 6.45) is -0.709. The monoisotopic (exact) mass is 371 g/mol. The lowest BCUT2D eigenvalue weighted by Crippen LogP contribution is -2.43. The molecule has 0 aliphatic carbocycles. The number of carboxylic acids is 1. The van der Waals surface area contributed by atoms with Crippen molar-refractivity contribution in [3.05, 3.63) is 48.0 Å². The van der Waals surface area contributed by atoms with Gasteiger partial charge in [0.25, 0.3) is 0 Å². The molecule has 0 saturated carbocycles. The van der Waals surface area contributed by atoms with Gasteiger partial charge in [0.2, 0.25) is 0 Å². The summed E-state index contributed by atoms with van der Waals surface area (Å²) in [6, 6.07) is 13.2.